The first-order valence-electron chi connectivity index (χ1n) is 6.61. The van der Waals surface area contributed by atoms with Crippen molar-refractivity contribution in [3.63, 3.8) is 0 Å². The Morgan fingerprint density at radius 1 is 1.48 bits per heavy atom. The molecule has 1 unspecified atom stereocenters. The van der Waals surface area contributed by atoms with E-state index < -0.39 is 5.97 Å². The molecule has 0 fully saturated rings. The molecular formula is C15H16BrNO4. The predicted octanol–water partition coefficient (Wildman–Crippen LogP) is 2.59. The average Bonchev–Trinajstić information content (AvgIpc) is 2.44. The van der Waals surface area contributed by atoms with Crippen molar-refractivity contribution in [2.24, 2.45) is 0 Å². The summed E-state index contributed by atoms with van der Waals surface area (Å²) in [7, 11) is 0. The highest BCUT2D eigenvalue weighted by atomic mass is 79.9. The highest BCUT2D eigenvalue weighted by molar-refractivity contribution is 9.10. The number of ether oxygens (including phenoxy) is 1. The Morgan fingerprint density at radius 3 is 2.95 bits per heavy atom. The van der Waals surface area contributed by atoms with E-state index in [4.69, 9.17) is 9.84 Å². The first kappa shape index (κ1) is 15.6. The number of hydrogen-bond donors (Lipinski definition) is 2. The topological polar surface area (TPSA) is 75.6 Å². The molecule has 2 N–H and O–H groups in total. The van der Waals surface area contributed by atoms with Crippen LogP contribution in [0.3, 0.4) is 0 Å². The molecule has 6 heteroatoms. The van der Waals surface area contributed by atoms with Crippen molar-refractivity contribution in [3.8, 4) is 5.75 Å². The van der Waals surface area contributed by atoms with Crippen molar-refractivity contribution in [2.75, 3.05) is 6.61 Å². The largest absolute Gasteiger partial charge is 0.488 e. The van der Waals surface area contributed by atoms with Crippen LogP contribution in [0.5, 0.6) is 5.75 Å². The quantitative estimate of drug-likeness (QED) is 0.852. The molecule has 0 radical (unpaired) electrons. The van der Waals surface area contributed by atoms with Gasteiger partial charge in [0.15, 0.2) is 0 Å². The van der Waals surface area contributed by atoms with Crippen molar-refractivity contribution in [1.29, 1.82) is 0 Å². The molecule has 0 aliphatic carbocycles. The van der Waals surface area contributed by atoms with Gasteiger partial charge in [-0.3, -0.25) is 9.59 Å². The zero-order valence-corrected chi connectivity index (χ0v) is 13.1. The van der Waals surface area contributed by atoms with Crippen LogP contribution in [0.25, 0.3) is 6.08 Å². The summed E-state index contributed by atoms with van der Waals surface area (Å²) >= 11 is 3.38. The average molecular weight is 354 g/mol. The number of carbonyl (C=O) groups is 2. The number of hydrogen-bond acceptors (Lipinski definition) is 3. The second kappa shape index (κ2) is 6.76. The number of carbonyl (C=O) groups excluding carboxylic acids is 1. The van der Waals surface area contributed by atoms with Gasteiger partial charge in [-0.2, -0.15) is 0 Å². The van der Waals surface area contributed by atoms with Crippen LogP contribution in [-0.4, -0.2) is 29.6 Å². The molecule has 0 bridgehead atoms. The minimum atomic E-state index is -0.866. The zero-order valence-electron chi connectivity index (χ0n) is 11.6. The minimum absolute atomic E-state index is 0.0345. The van der Waals surface area contributed by atoms with Gasteiger partial charge in [0.25, 0.3) is 5.91 Å². The highest BCUT2D eigenvalue weighted by Gasteiger charge is 2.19. The fourth-order valence-electron chi connectivity index (χ4n) is 2.01. The predicted molar refractivity (Wildman–Crippen MR) is 82.1 cm³/mol. The van der Waals surface area contributed by atoms with Gasteiger partial charge < -0.3 is 15.2 Å². The Hall–Kier alpha value is -1.82. The second-order valence-corrected chi connectivity index (χ2v) is 5.86. The summed E-state index contributed by atoms with van der Waals surface area (Å²) < 4.78 is 6.46. The maximum absolute atomic E-state index is 12.1. The van der Waals surface area contributed by atoms with Crippen LogP contribution < -0.4 is 10.1 Å². The summed E-state index contributed by atoms with van der Waals surface area (Å²) in [6.07, 6.45) is 2.23. The first-order valence-corrected chi connectivity index (χ1v) is 7.40. The van der Waals surface area contributed by atoms with Gasteiger partial charge in [-0.1, -0.05) is 15.9 Å². The van der Waals surface area contributed by atoms with Crippen LogP contribution in [0, 0.1) is 0 Å². The molecule has 5 nitrogen and oxygen atoms in total. The van der Waals surface area contributed by atoms with Crippen LogP contribution >= 0.6 is 15.9 Å². The molecule has 0 aromatic heterocycles. The monoisotopic (exact) mass is 353 g/mol. The number of rotatable bonds is 5. The molecule has 1 aromatic rings. The Morgan fingerprint density at radius 2 is 2.24 bits per heavy atom. The van der Waals surface area contributed by atoms with Crippen molar-refractivity contribution in [2.45, 2.75) is 25.8 Å². The third-order valence-corrected chi connectivity index (χ3v) is 3.64. The SMILES string of the molecule is CC(CCC(=O)O)NC(=O)C1=Cc2cc(Br)ccc2OC1. The van der Waals surface area contributed by atoms with Gasteiger partial charge in [0.2, 0.25) is 0 Å². The molecule has 0 saturated heterocycles. The number of benzene rings is 1. The maximum atomic E-state index is 12.1. The van der Waals surface area contributed by atoms with Gasteiger partial charge in [0, 0.05) is 22.5 Å². The van der Waals surface area contributed by atoms with E-state index in [1.54, 1.807) is 13.0 Å². The van der Waals surface area contributed by atoms with Gasteiger partial charge in [-0.05, 0) is 37.6 Å². The highest BCUT2D eigenvalue weighted by Crippen LogP contribution is 2.29. The summed E-state index contributed by atoms with van der Waals surface area (Å²) in [5, 5.41) is 11.4. The van der Waals surface area contributed by atoms with Gasteiger partial charge in [0.1, 0.15) is 12.4 Å². The maximum Gasteiger partial charge on any atom is 0.303 e. The minimum Gasteiger partial charge on any atom is -0.488 e. The lowest BCUT2D eigenvalue weighted by Crippen LogP contribution is -2.35. The van der Waals surface area contributed by atoms with E-state index in [0.717, 1.165) is 15.8 Å². The molecule has 1 amide bonds. The van der Waals surface area contributed by atoms with Gasteiger partial charge >= 0.3 is 5.97 Å². The molecule has 1 aliphatic rings. The Bertz CT molecular complexity index is 597. The molecule has 0 spiro atoms. The molecule has 2 rings (SSSR count). The van der Waals surface area contributed by atoms with Crippen LogP contribution in [-0.2, 0) is 9.59 Å². The summed E-state index contributed by atoms with van der Waals surface area (Å²) in [5.74, 6) is -0.345. The number of amides is 1. The van der Waals surface area contributed by atoms with Crippen molar-refractivity contribution in [1.82, 2.24) is 5.32 Å². The number of carboxylic acid groups (broad SMARTS) is 1. The van der Waals surface area contributed by atoms with E-state index in [-0.39, 0.29) is 25.0 Å². The lowest BCUT2D eigenvalue weighted by molar-refractivity contribution is -0.137. The second-order valence-electron chi connectivity index (χ2n) is 4.95. The summed E-state index contributed by atoms with van der Waals surface area (Å²) in [6, 6.07) is 5.42. The van der Waals surface area contributed by atoms with Crippen molar-refractivity contribution < 1.29 is 19.4 Å². The summed E-state index contributed by atoms with van der Waals surface area (Å²) in [6.45, 7) is 2.00. The van der Waals surface area contributed by atoms with Gasteiger partial charge in [-0.25, -0.2) is 0 Å². The molecule has 1 heterocycles. The zero-order chi connectivity index (χ0) is 15.4. The Kier molecular flexibility index (Phi) is 5.01. The number of fused-ring (bicyclic) bond motifs is 1. The van der Waals surface area contributed by atoms with E-state index >= 15 is 0 Å². The Labute approximate surface area is 131 Å². The fraction of sp³-hybridized carbons (Fsp3) is 0.333. The number of carboxylic acids is 1. The fourth-order valence-corrected chi connectivity index (χ4v) is 2.39. The number of halogens is 1. The van der Waals surface area contributed by atoms with E-state index in [0.29, 0.717) is 12.0 Å². The van der Waals surface area contributed by atoms with Crippen molar-refractivity contribution >= 4 is 33.9 Å². The molecule has 1 aliphatic heterocycles. The van der Waals surface area contributed by atoms with Crippen LogP contribution in [0.15, 0.2) is 28.2 Å². The van der Waals surface area contributed by atoms with E-state index in [9.17, 15) is 9.59 Å². The van der Waals surface area contributed by atoms with Crippen molar-refractivity contribution in [3.05, 3.63) is 33.8 Å². The third-order valence-electron chi connectivity index (χ3n) is 3.15. The Balaban J connectivity index is 2.02. The van der Waals surface area contributed by atoms with Crippen LogP contribution in [0.1, 0.15) is 25.3 Å². The standard InChI is InChI=1S/C15H16BrNO4/c1-9(2-5-14(18)19)17-15(20)11-6-10-7-12(16)3-4-13(10)21-8-11/h3-4,6-7,9H,2,5,8H2,1H3,(H,17,20)(H,18,19). The lowest BCUT2D eigenvalue weighted by atomic mass is 10.1. The van der Waals surface area contributed by atoms with E-state index in [2.05, 4.69) is 21.2 Å². The lowest BCUT2D eigenvalue weighted by Gasteiger charge is -2.19. The van der Waals surface area contributed by atoms with Gasteiger partial charge in [-0.15, -0.1) is 0 Å². The number of aliphatic carboxylic acids is 1. The summed E-state index contributed by atoms with van der Waals surface area (Å²) in [4.78, 5) is 22.6. The molecule has 1 aromatic carbocycles. The summed E-state index contributed by atoms with van der Waals surface area (Å²) in [5.41, 5.74) is 1.38. The molecule has 0 saturated carbocycles. The molecular weight excluding hydrogens is 338 g/mol. The molecule has 21 heavy (non-hydrogen) atoms. The first-order chi connectivity index (χ1) is 9.95. The smallest absolute Gasteiger partial charge is 0.303 e. The van der Waals surface area contributed by atoms with E-state index in [1.807, 2.05) is 18.2 Å². The van der Waals surface area contributed by atoms with Crippen LogP contribution in [0.4, 0.5) is 0 Å². The van der Waals surface area contributed by atoms with E-state index in [1.165, 1.54) is 0 Å². The number of nitrogens with one attached hydrogen (secondary N) is 1. The molecule has 1 atom stereocenters. The molecule has 112 valence electrons. The van der Waals surface area contributed by atoms with Gasteiger partial charge in [0.05, 0.1) is 5.57 Å². The third kappa shape index (κ3) is 4.32. The normalized spacial score (nSPS) is 14.5. The van der Waals surface area contributed by atoms with Crippen LogP contribution in [0.2, 0.25) is 0 Å².